The number of rotatable bonds is 4. The van der Waals surface area contributed by atoms with Crippen molar-refractivity contribution < 1.29 is 0 Å². The molecule has 0 spiro atoms. The number of hydrogen-bond acceptors (Lipinski definition) is 2. The van der Waals surface area contributed by atoms with Gasteiger partial charge in [0.25, 0.3) is 0 Å². The molecule has 110 valence electrons. The van der Waals surface area contributed by atoms with Crippen LogP contribution in [0.1, 0.15) is 23.4 Å². The van der Waals surface area contributed by atoms with Gasteiger partial charge in [-0.2, -0.15) is 0 Å². The first kappa shape index (κ1) is 15.8. The second kappa shape index (κ2) is 6.94. The Hall–Kier alpha value is -1.55. The number of hydrogen-bond donors (Lipinski definition) is 1. The van der Waals surface area contributed by atoms with Crippen molar-refractivity contribution in [3.05, 3.63) is 71.4 Å². The first-order valence-electron chi connectivity index (χ1n) is 6.78. The van der Waals surface area contributed by atoms with Crippen molar-refractivity contribution in [1.29, 1.82) is 0 Å². The summed E-state index contributed by atoms with van der Waals surface area (Å²) in [6, 6.07) is 17.1. The predicted octanol–water partition coefficient (Wildman–Crippen LogP) is 4.71. The molecular formula is C17H19ClN2S. The Bertz CT molecular complexity index is 686. The van der Waals surface area contributed by atoms with E-state index in [4.69, 9.17) is 5.73 Å². The molecule has 0 aliphatic heterocycles. The Labute approximate surface area is 135 Å². The fraction of sp³-hybridized carbons (Fsp3) is 0.176. The average Bonchev–Trinajstić information content (AvgIpc) is 3.10. The summed E-state index contributed by atoms with van der Waals surface area (Å²) in [5, 5.41) is 0. The molecule has 4 heteroatoms. The summed E-state index contributed by atoms with van der Waals surface area (Å²) >= 11 is 1.79. The maximum atomic E-state index is 5.96. The van der Waals surface area contributed by atoms with Crippen molar-refractivity contribution in [3.63, 3.8) is 0 Å². The van der Waals surface area contributed by atoms with E-state index in [1.165, 1.54) is 20.9 Å². The van der Waals surface area contributed by atoms with Crippen molar-refractivity contribution in [2.24, 2.45) is 5.73 Å². The first-order valence-corrected chi connectivity index (χ1v) is 7.60. The summed E-state index contributed by atoms with van der Waals surface area (Å²) in [5.74, 6) is 0. The van der Waals surface area contributed by atoms with Crippen LogP contribution in [0.5, 0.6) is 0 Å². The Balaban J connectivity index is 0.00000161. The van der Waals surface area contributed by atoms with Gasteiger partial charge in [-0.25, -0.2) is 0 Å². The molecule has 1 aromatic carbocycles. The van der Waals surface area contributed by atoms with Crippen LogP contribution >= 0.6 is 23.7 Å². The fourth-order valence-corrected chi connectivity index (χ4v) is 3.33. The number of halogens is 1. The number of nitrogens with zero attached hydrogens (tertiary/aromatic N) is 1. The zero-order valence-corrected chi connectivity index (χ0v) is 13.5. The second-order valence-electron chi connectivity index (χ2n) is 5.00. The van der Waals surface area contributed by atoms with E-state index in [0.29, 0.717) is 0 Å². The van der Waals surface area contributed by atoms with E-state index in [2.05, 4.69) is 65.5 Å². The van der Waals surface area contributed by atoms with Gasteiger partial charge in [-0.3, -0.25) is 0 Å². The highest BCUT2D eigenvalue weighted by Gasteiger charge is 2.09. The molecule has 0 amide bonds. The molecule has 0 fully saturated rings. The van der Waals surface area contributed by atoms with Crippen LogP contribution in [-0.4, -0.2) is 4.57 Å². The van der Waals surface area contributed by atoms with Gasteiger partial charge in [0.05, 0.1) is 0 Å². The third-order valence-corrected chi connectivity index (χ3v) is 4.70. The molecule has 21 heavy (non-hydrogen) atoms. The summed E-state index contributed by atoms with van der Waals surface area (Å²) in [6.45, 7) is 2.93. The molecule has 0 unspecified atom stereocenters. The molecule has 3 rings (SSSR count). The van der Waals surface area contributed by atoms with Crippen molar-refractivity contribution in [2.45, 2.75) is 19.5 Å². The molecule has 0 saturated heterocycles. The molecule has 0 radical (unpaired) electrons. The quantitative estimate of drug-likeness (QED) is 0.742. The lowest BCUT2D eigenvalue weighted by atomic mass is 10.1. The van der Waals surface area contributed by atoms with Crippen molar-refractivity contribution in [3.8, 4) is 10.4 Å². The third-order valence-electron chi connectivity index (χ3n) is 3.38. The highest BCUT2D eigenvalue weighted by molar-refractivity contribution is 7.15. The van der Waals surface area contributed by atoms with Crippen LogP contribution in [0.3, 0.4) is 0 Å². The standard InChI is InChI=1S/C17H18N2S.ClH/c1-13(18)16-8-9-17(20-16)15-7-3-2-6-14(15)12-19-10-4-5-11-19;/h2-11,13H,12,18H2,1H3;1H/t13-;/m1./s1. The van der Waals surface area contributed by atoms with Gasteiger partial charge in [0.1, 0.15) is 0 Å². The van der Waals surface area contributed by atoms with E-state index >= 15 is 0 Å². The van der Waals surface area contributed by atoms with Crippen LogP contribution in [0, 0.1) is 0 Å². The van der Waals surface area contributed by atoms with Crippen LogP contribution in [0.2, 0.25) is 0 Å². The normalized spacial score (nSPS) is 11.9. The molecule has 2 nitrogen and oxygen atoms in total. The van der Waals surface area contributed by atoms with Crippen LogP contribution in [0.4, 0.5) is 0 Å². The Kier molecular flexibility index (Phi) is 5.23. The molecule has 2 N–H and O–H groups in total. The van der Waals surface area contributed by atoms with E-state index in [0.717, 1.165) is 6.54 Å². The molecule has 2 heterocycles. The molecule has 3 aromatic rings. The van der Waals surface area contributed by atoms with Gasteiger partial charge in [-0.15, -0.1) is 23.7 Å². The zero-order valence-electron chi connectivity index (χ0n) is 11.9. The smallest absolute Gasteiger partial charge is 0.0476 e. The maximum Gasteiger partial charge on any atom is 0.0476 e. The zero-order chi connectivity index (χ0) is 13.9. The molecule has 0 saturated carbocycles. The van der Waals surface area contributed by atoms with Gasteiger partial charge < -0.3 is 10.3 Å². The highest BCUT2D eigenvalue weighted by Crippen LogP contribution is 2.33. The Morgan fingerprint density at radius 2 is 1.76 bits per heavy atom. The van der Waals surface area contributed by atoms with Gasteiger partial charge in [0.2, 0.25) is 0 Å². The van der Waals surface area contributed by atoms with E-state index in [-0.39, 0.29) is 18.4 Å². The summed E-state index contributed by atoms with van der Waals surface area (Å²) in [4.78, 5) is 2.52. The number of thiophene rings is 1. The van der Waals surface area contributed by atoms with Crippen LogP contribution in [-0.2, 0) is 6.54 Å². The predicted molar refractivity (Wildman–Crippen MR) is 93.1 cm³/mol. The molecular weight excluding hydrogens is 300 g/mol. The minimum atomic E-state index is 0. The van der Waals surface area contributed by atoms with E-state index in [9.17, 15) is 0 Å². The first-order chi connectivity index (χ1) is 9.74. The van der Waals surface area contributed by atoms with Gasteiger partial charge in [-0.1, -0.05) is 24.3 Å². The second-order valence-corrected chi connectivity index (χ2v) is 6.12. The minimum absolute atomic E-state index is 0. The van der Waals surface area contributed by atoms with Crippen LogP contribution in [0.25, 0.3) is 10.4 Å². The molecule has 0 aliphatic rings. The van der Waals surface area contributed by atoms with Crippen LogP contribution in [0.15, 0.2) is 60.9 Å². The largest absolute Gasteiger partial charge is 0.350 e. The molecule has 2 aromatic heterocycles. The Morgan fingerprint density at radius 1 is 1.05 bits per heavy atom. The molecule has 1 atom stereocenters. The van der Waals surface area contributed by atoms with Crippen molar-refractivity contribution >= 4 is 23.7 Å². The SMILES string of the molecule is C[C@@H](N)c1ccc(-c2ccccc2Cn2cccc2)s1.Cl. The Morgan fingerprint density at radius 3 is 2.43 bits per heavy atom. The van der Waals surface area contributed by atoms with E-state index in [1.807, 2.05) is 6.92 Å². The average molecular weight is 319 g/mol. The number of benzene rings is 1. The maximum absolute atomic E-state index is 5.96. The summed E-state index contributed by atoms with van der Waals surface area (Å²) in [5.41, 5.74) is 8.60. The number of aromatic nitrogens is 1. The lowest BCUT2D eigenvalue weighted by molar-refractivity contribution is 0.808. The summed E-state index contributed by atoms with van der Waals surface area (Å²) < 4.78 is 2.19. The minimum Gasteiger partial charge on any atom is -0.350 e. The van der Waals surface area contributed by atoms with Crippen LogP contribution < -0.4 is 5.73 Å². The highest BCUT2D eigenvalue weighted by atomic mass is 35.5. The van der Waals surface area contributed by atoms with Crippen molar-refractivity contribution in [2.75, 3.05) is 0 Å². The topological polar surface area (TPSA) is 30.9 Å². The molecule has 0 aliphatic carbocycles. The lowest BCUT2D eigenvalue weighted by Crippen LogP contribution is -2.01. The van der Waals surface area contributed by atoms with E-state index in [1.54, 1.807) is 11.3 Å². The van der Waals surface area contributed by atoms with Gasteiger partial charge >= 0.3 is 0 Å². The monoisotopic (exact) mass is 318 g/mol. The number of nitrogens with two attached hydrogens (primary N) is 1. The fourth-order valence-electron chi connectivity index (χ4n) is 2.31. The van der Waals surface area contributed by atoms with Gasteiger partial charge in [0.15, 0.2) is 0 Å². The van der Waals surface area contributed by atoms with Gasteiger partial charge in [-0.05, 0) is 42.3 Å². The summed E-state index contributed by atoms with van der Waals surface area (Å²) in [7, 11) is 0. The van der Waals surface area contributed by atoms with Gasteiger partial charge in [0, 0.05) is 34.7 Å². The third kappa shape index (κ3) is 3.56. The van der Waals surface area contributed by atoms with Crippen molar-refractivity contribution in [1.82, 2.24) is 4.57 Å². The lowest BCUT2D eigenvalue weighted by Gasteiger charge is -2.09. The molecule has 0 bridgehead atoms. The van der Waals surface area contributed by atoms with E-state index < -0.39 is 0 Å². The summed E-state index contributed by atoms with van der Waals surface area (Å²) in [6.07, 6.45) is 4.19.